The lowest BCUT2D eigenvalue weighted by Crippen LogP contribution is -1.80. The van der Waals surface area contributed by atoms with Crippen molar-refractivity contribution in [3.05, 3.63) is 60.0 Å². The van der Waals surface area contributed by atoms with Crippen LogP contribution in [-0.2, 0) is 0 Å². The summed E-state index contributed by atoms with van der Waals surface area (Å²) in [5, 5.41) is 2.60. The summed E-state index contributed by atoms with van der Waals surface area (Å²) in [5.74, 6) is 0. The molecule has 13 heavy (non-hydrogen) atoms. The van der Waals surface area contributed by atoms with Gasteiger partial charge < -0.3 is 0 Å². The van der Waals surface area contributed by atoms with Gasteiger partial charge in [-0.25, -0.2) is 0 Å². The van der Waals surface area contributed by atoms with Gasteiger partial charge in [0.15, 0.2) is 0 Å². The Morgan fingerprint density at radius 3 is 2.31 bits per heavy atom. The van der Waals surface area contributed by atoms with E-state index in [2.05, 4.69) is 42.5 Å². The van der Waals surface area contributed by atoms with E-state index in [0.717, 1.165) is 0 Å². The van der Waals surface area contributed by atoms with Gasteiger partial charge in [-0.05, 0) is 40.1 Å². The molecule has 0 N–H and O–H groups in total. The van der Waals surface area contributed by atoms with Crippen molar-refractivity contribution in [2.75, 3.05) is 0 Å². The maximum atomic E-state index is 3.11. The molecule has 2 radical (unpaired) electrons. The van der Waals surface area contributed by atoms with Gasteiger partial charge in [0, 0.05) is 6.42 Å². The molecule has 2 aromatic rings. The van der Waals surface area contributed by atoms with Gasteiger partial charge in [-0.1, -0.05) is 30.3 Å². The van der Waals surface area contributed by atoms with Crippen LogP contribution in [0.25, 0.3) is 16.8 Å². The maximum absolute atomic E-state index is 3.11. The van der Waals surface area contributed by atoms with Crippen LogP contribution in [0.1, 0.15) is 11.1 Å². The summed E-state index contributed by atoms with van der Waals surface area (Å²) in [6.07, 6.45) is 7.17. The zero-order valence-electron chi connectivity index (χ0n) is 7.12. The van der Waals surface area contributed by atoms with E-state index in [1.165, 1.54) is 21.9 Å². The Kier molecular flexibility index (Phi) is 1.31. The van der Waals surface area contributed by atoms with E-state index in [-0.39, 0.29) is 0 Å². The molecule has 0 atom stereocenters. The third-order valence-electron chi connectivity index (χ3n) is 2.43. The highest BCUT2D eigenvalue weighted by Gasteiger charge is 2.06. The third kappa shape index (κ3) is 0.988. The molecular weight excluding hydrogens is 156 g/mol. The monoisotopic (exact) mass is 164 g/mol. The molecular formula is C13H8. The zero-order valence-corrected chi connectivity index (χ0v) is 7.12. The Labute approximate surface area is 77.5 Å². The van der Waals surface area contributed by atoms with E-state index in [9.17, 15) is 0 Å². The summed E-state index contributed by atoms with van der Waals surface area (Å²) in [6, 6.07) is 12.8. The minimum atomic E-state index is 1.28. The van der Waals surface area contributed by atoms with Crippen molar-refractivity contribution in [3.63, 3.8) is 0 Å². The molecule has 2 aromatic carbocycles. The van der Waals surface area contributed by atoms with Gasteiger partial charge >= 0.3 is 0 Å². The lowest BCUT2D eigenvalue weighted by atomic mass is 10.0. The number of allylic oxidation sites excluding steroid dienone is 1. The molecule has 0 amide bonds. The van der Waals surface area contributed by atoms with Crippen molar-refractivity contribution in [1.29, 1.82) is 0 Å². The van der Waals surface area contributed by atoms with Crippen LogP contribution in [0.5, 0.6) is 0 Å². The Morgan fingerprint density at radius 1 is 0.846 bits per heavy atom. The molecule has 1 aliphatic rings. The molecule has 0 bridgehead atoms. The fraction of sp³-hybridized carbons (Fsp3) is 0. The number of rotatable bonds is 0. The first-order valence-electron chi connectivity index (χ1n) is 4.39. The summed E-state index contributed by atoms with van der Waals surface area (Å²) < 4.78 is 0. The van der Waals surface area contributed by atoms with Crippen LogP contribution in [0.2, 0.25) is 0 Å². The van der Waals surface area contributed by atoms with E-state index in [1.54, 1.807) is 0 Å². The molecule has 0 unspecified atom stereocenters. The van der Waals surface area contributed by atoms with Crippen molar-refractivity contribution >= 4 is 16.8 Å². The molecule has 0 nitrogen and oxygen atoms in total. The number of hydrogen-bond donors (Lipinski definition) is 0. The van der Waals surface area contributed by atoms with Crippen LogP contribution in [0.15, 0.2) is 36.4 Å². The first kappa shape index (κ1) is 6.90. The van der Waals surface area contributed by atoms with Gasteiger partial charge in [0.2, 0.25) is 0 Å². The van der Waals surface area contributed by atoms with Crippen LogP contribution in [0.4, 0.5) is 0 Å². The highest BCUT2D eigenvalue weighted by Crippen LogP contribution is 2.25. The largest absolute Gasteiger partial charge is 0.0616 e. The second kappa shape index (κ2) is 2.46. The highest BCUT2D eigenvalue weighted by atomic mass is 14.1. The van der Waals surface area contributed by atoms with E-state index in [1.807, 2.05) is 12.5 Å². The minimum Gasteiger partial charge on any atom is -0.0616 e. The number of hydrogen-bond acceptors (Lipinski definition) is 0. The highest BCUT2D eigenvalue weighted by molar-refractivity contribution is 5.87. The first-order valence-corrected chi connectivity index (χ1v) is 4.39. The van der Waals surface area contributed by atoms with Crippen LogP contribution < -0.4 is 0 Å². The molecule has 0 heteroatoms. The van der Waals surface area contributed by atoms with Crippen molar-refractivity contribution in [3.8, 4) is 0 Å². The summed E-state index contributed by atoms with van der Waals surface area (Å²) in [7, 11) is 0. The standard InChI is InChI=1S/C13H8/c1-2-5-11-9-13-7-3-6-12(13)8-10(11)4-1/h1-2,4-9H. The predicted molar refractivity (Wildman–Crippen MR) is 55.1 cm³/mol. The van der Waals surface area contributed by atoms with Crippen molar-refractivity contribution in [2.45, 2.75) is 0 Å². The molecule has 3 rings (SSSR count). The van der Waals surface area contributed by atoms with Gasteiger partial charge in [0.1, 0.15) is 0 Å². The minimum absolute atomic E-state index is 1.28. The van der Waals surface area contributed by atoms with Crippen molar-refractivity contribution in [2.24, 2.45) is 0 Å². The van der Waals surface area contributed by atoms with E-state index < -0.39 is 0 Å². The van der Waals surface area contributed by atoms with Crippen LogP contribution >= 0.6 is 0 Å². The van der Waals surface area contributed by atoms with Crippen molar-refractivity contribution < 1.29 is 0 Å². The van der Waals surface area contributed by atoms with Gasteiger partial charge in [-0.2, -0.15) is 0 Å². The second-order valence-electron chi connectivity index (χ2n) is 3.28. The lowest BCUT2D eigenvalue weighted by Gasteiger charge is -2.01. The Balaban J connectivity index is 2.40. The van der Waals surface area contributed by atoms with Crippen LogP contribution in [-0.4, -0.2) is 0 Å². The maximum Gasteiger partial charge on any atom is 0.0208 e. The second-order valence-corrected chi connectivity index (χ2v) is 3.28. The molecule has 0 saturated carbocycles. The summed E-state index contributed by atoms with van der Waals surface area (Å²) in [5.41, 5.74) is 2.55. The molecule has 0 heterocycles. The first-order chi connectivity index (χ1) is 6.43. The summed E-state index contributed by atoms with van der Waals surface area (Å²) >= 11 is 0. The summed E-state index contributed by atoms with van der Waals surface area (Å²) in [6.45, 7) is 0. The Hall–Kier alpha value is -1.56. The fourth-order valence-corrected chi connectivity index (χ4v) is 1.75. The SMILES string of the molecule is [C]1=Cc2cc3ccccc3cc2[CH]1. The third-order valence-corrected chi connectivity index (χ3v) is 2.43. The Bertz CT molecular complexity index is 492. The summed E-state index contributed by atoms with van der Waals surface area (Å²) in [4.78, 5) is 0. The van der Waals surface area contributed by atoms with E-state index >= 15 is 0 Å². The quantitative estimate of drug-likeness (QED) is 0.560. The van der Waals surface area contributed by atoms with Crippen LogP contribution in [0.3, 0.4) is 0 Å². The van der Waals surface area contributed by atoms with Gasteiger partial charge in [-0.15, -0.1) is 0 Å². The molecule has 1 aliphatic carbocycles. The van der Waals surface area contributed by atoms with E-state index in [4.69, 9.17) is 0 Å². The molecule has 0 aromatic heterocycles. The number of fused-ring (bicyclic) bond motifs is 2. The average Bonchev–Trinajstić information content (AvgIpc) is 2.61. The smallest absolute Gasteiger partial charge is 0.0208 e. The molecule has 0 spiro atoms. The lowest BCUT2D eigenvalue weighted by molar-refractivity contribution is 1.57. The molecule has 0 aliphatic heterocycles. The molecule has 0 saturated heterocycles. The van der Waals surface area contributed by atoms with Gasteiger partial charge in [-0.3, -0.25) is 0 Å². The van der Waals surface area contributed by atoms with E-state index in [0.29, 0.717) is 0 Å². The topological polar surface area (TPSA) is 0 Å². The number of benzene rings is 2. The molecule has 60 valence electrons. The predicted octanol–water partition coefficient (Wildman–Crippen LogP) is 3.22. The van der Waals surface area contributed by atoms with Crippen LogP contribution in [0, 0.1) is 12.5 Å². The fourth-order valence-electron chi connectivity index (χ4n) is 1.75. The Morgan fingerprint density at radius 2 is 1.54 bits per heavy atom. The average molecular weight is 164 g/mol. The zero-order chi connectivity index (χ0) is 8.67. The molecule has 0 fully saturated rings. The van der Waals surface area contributed by atoms with Gasteiger partial charge in [0.25, 0.3) is 0 Å². The van der Waals surface area contributed by atoms with Crippen molar-refractivity contribution in [1.82, 2.24) is 0 Å². The van der Waals surface area contributed by atoms with Gasteiger partial charge in [0.05, 0.1) is 0 Å². The normalized spacial score (nSPS) is 13.5.